The van der Waals surface area contributed by atoms with Gasteiger partial charge in [0.15, 0.2) is 24.4 Å². The third kappa shape index (κ3) is 8.06. The number of halogens is 3. The lowest BCUT2D eigenvalue weighted by Gasteiger charge is -2.45. The molecule has 9 atom stereocenters. The topological polar surface area (TPSA) is 159 Å². The Kier molecular flexibility index (Phi) is 11.9. The van der Waals surface area contributed by atoms with E-state index in [1.165, 1.54) is 0 Å². The summed E-state index contributed by atoms with van der Waals surface area (Å²) in [4.78, 5) is 59.0. The lowest BCUT2D eigenvalue weighted by molar-refractivity contribution is -0.359. The van der Waals surface area contributed by atoms with E-state index in [0.29, 0.717) is 0 Å². The zero-order chi connectivity index (χ0) is 28.8. The second-order valence-corrected chi connectivity index (χ2v) is 9.50. The van der Waals surface area contributed by atoms with Gasteiger partial charge in [-0.1, -0.05) is 0 Å². The van der Waals surface area contributed by atoms with Crippen LogP contribution in [0.3, 0.4) is 0 Å². The summed E-state index contributed by atoms with van der Waals surface area (Å²) >= 11 is 18.8. The van der Waals surface area contributed by atoms with Gasteiger partial charge in [0, 0.05) is 34.6 Å². The number of alkyl halides is 3. The minimum Gasteiger partial charge on any atom is -0.463 e. The lowest BCUT2D eigenvalue weighted by atomic mass is 10.0. The van der Waals surface area contributed by atoms with Crippen LogP contribution in [0.2, 0.25) is 0 Å². The van der Waals surface area contributed by atoms with Gasteiger partial charge in [0.05, 0.1) is 11.8 Å². The summed E-state index contributed by atoms with van der Waals surface area (Å²) in [6.45, 7) is 5.18. The van der Waals surface area contributed by atoms with Crippen molar-refractivity contribution in [1.82, 2.24) is 0 Å². The summed E-state index contributed by atoms with van der Waals surface area (Å²) in [5, 5.41) is -1.17. The predicted molar refractivity (Wildman–Crippen MR) is 127 cm³/mol. The molecule has 2 saturated heterocycles. The molecule has 13 nitrogen and oxygen atoms in total. The highest BCUT2D eigenvalue weighted by Crippen LogP contribution is 2.42. The number of ether oxygens (including phenoxy) is 8. The third-order valence-corrected chi connectivity index (χ3v) is 6.53. The molecule has 2 rings (SSSR count). The Balaban J connectivity index is 2.55. The van der Waals surface area contributed by atoms with Crippen LogP contribution in [0.4, 0.5) is 0 Å². The van der Waals surface area contributed by atoms with Crippen LogP contribution in [-0.4, -0.2) is 102 Å². The van der Waals surface area contributed by atoms with Gasteiger partial charge in [-0.05, 0) is 0 Å². The Labute approximate surface area is 233 Å². The number of carbonyl (C=O) groups is 5. The van der Waals surface area contributed by atoms with Gasteiger partial charge >= 0.3 is 29.8 Å². The van der Waals surface area contributed by atoms with Crippen LogP contribution in [0.25, 0.3) is 0 Å². The molecule has 0 N–H and O–H groups in total. The highest BCUT2D eigenvalue weighted by atomic mass is 35.5. The fourth-order valence-electron chi connectivity index (χ4n) is 3.99. The van der Waals surface area contributed by atoms with Crippen LogP contribution in [0, 0.1) is 0 Å². The van der Waals surface area contributed by atoms with Gasteiger partial charge in [0.2, 0.25) is 12.1 Å². The first kappa shape index (κ1) is 32.3. The Morgan fingerprint density at radius 3 is 1.74 bits per heavy atom. The molecule has 0 spiro atoms. The van der Waals surface area contributed by atoms with Crippen molar-refractivity contribution in [2.24, 2.45) is 0 Å². The van der Waals surface area contributed by atoms with Crippen molar-refractivity contribution in [3.63, 3.8) is 0 Å². The largest absolute Gasteiger partial charge is 0.463 e. The van der Waals surface area contributed by atoms with Crippen LogP contribution < -0.4 is 0 Å². The van der Waals surface area contributed by atoms with Gasteiger partial charge in [-0.25, -0.2) is 0 Å². The van der Waals surface area contributed by atoms with Crippen LogP contribution in [-0.2, 0) is 61.9 Å². The third-order valence-electron chi connectivity index (χ3n) is 5.32. The van der Waals surface area contributed by atoms with Crippen molar-refractivity contribution >= 4 is 64.6 Å². The van der Waals surface area contributed by atoms with Crippen molar-refractivity contribution < 1.29 is 61.9 Å². The maximum Gasteiger partial charge on any atom is 0.303 e. The normalized spacial score (nSPS) is 34.6. The van der Waals surface area contributed by atoms with E-state index in [4.69, 9.17) is 72.7 Å². The number of carbonyl (C=O) groups excluding carboxylic acids is 5. The molecule has 0 radical (unpaired) electrons. The Morgan fingerprint density at radius 2 is 1.26 bits per heavy atom. The van der Waals surface area contributed by atoms with Crippen LogP contribution in [0.15, 0.2) is 0 Å². The monoisotopic (exact) mass is 606 g/mol. The molecule has 2 aliphatic heterocycles. The number of hydrogen-bond donors (Lipinski definition) is 0. The predicted octanol–water partition coefficient (Wildman–Crippen LogP) is 1.20. The van der Waals surface area contributed by atoms with Crippen molar-refractivity contribution in [1.29, 1.82) is 0 Å². The molecule has 0 unspecified atom stereocenters. The average molecular weight is 608 g/mol. The standard InChI is InChI=1S/C22H29Cl3O13/c1-9(26)31-7-15-16(25)18(33-11(3)28)19(34-12(4)29)21(36-15)38-22(8-24)20(35-13(5)30)17(32-10(2)27)14(6-23)37-22/h14-21H,6-8H2,1-5H3/t14-,15+,16-,17+,18-,19-,20+,21-,22+/m1/s1. The van der Waals surface area contributed by atoms with Gasteiger partial charge < -0.3 is 37.9 Å². The van der Waals surface area contributed by atoms with Crippen molar-refractivity contribution in [2.75, 3.05) is 18.4 Å². The molecule has 0 aliphatic carbocycles. The molecular formula is C22H29Cl3O13. The smallest absolute Gasteiger partial charge is 0.303 e. The molecule has 2 heterocycles. The fraction of sp³-hybridized carbons (Fsp3) is 0.773. The van der Waals surface area contributed by atoms with Crippen molar-refractivity contribution in [3.8, 4) is 0 Å². The summed E-state index contributed by atoms with van der Waals surface area (Å²) in [6, 6.07) is 0. The molecule has 16 heteroatoms. The molecule has 2 fully saturated rings. The number of rotatable bonds is 10. The van der Waals surface area contributed by atoms with Gasteiger partial charge in [0.25, 0.3) is 0 Å². The van der Waals surface area contributed by atoms with E-state index in [9.17, 15) is 24.0 Å². The summed E-state index contributed by atoms with van der Waals surface area (Å²) in [6.07, 6.45) is -9.38. The molecule has 0 aromatic heterocycles. The summed E-state index contributed by atoms with van der Waals surface area (Å²) in [5.41, 5.74) is 0. The lowest BCUT2D eigenvalue weighted by Crippen LogP contribution is -2.63. The van der Waals surface area contributed by atoms with Crippen LogP contribution >= 0.6 is 34.8 Å². The van der Waals surface area contributed by atoms with E-state index in [1.54, 1.807) is 0 Å². The van der Waals surface area contributed by atoms with E-state index >= 15 is 0 Å². The number of esters is 5. The van der Waals surface area contributed by atoms with Gasteiger partial charge in [-0.2, -0.15) is 0 Å². The van der Waals surface area contributed by atoms with Gasteiger partial charge in [-0.3, -0.25) is 24.0 Å². The maximum absolute atomic E-state index is 12.0. The van der Waals surface area contributed by atoms with E-state index in [0.717, 1.165) is 34.6 Å². The van der Waals surface area contributed by atoms with Crippen LogP contribution in [0.1, 0.15) is 34.6 Å². The van der Waals surface area contributed by atoms with E-state index < -0.39 is 96.4 Å². The molecule has 0 amide bonds. The Bertz CT molecular complexity index is 902. The second-order valence-electron chi connectivity index (χ2n) is 8.42. The molecule has 0 saturated carbocycles. The van der Waals surface area contributed by atoms with Gasteiger partial charge in [0.1, 0.15) is 24.2 Å². The molecule has 38 heavy (non-hydrogen) atoms. The van der Waals surface area contributed by atoms with Crippen molar-refractivity contribution in [3.05, 3.63) is 0 Å². The van der Waals surface area contributed by atoms with Crippen LogP contribution in [0.5, 0.6) is 0 Å². The molecule has 0 aromatic rings. The molecule has 0 aromatic carbocycles. The minimum absolute atomic E-state index is 0.231. The molecule has 0 bridgehead atoms. The average Bonchev–Trinajstić information content (AvgIpc) is 3.08. The maximum atomic E-state index is 12.0. The summed E-state index contributed by atoms with van der Waals surface area (Å²) in [5.74, 6) is -6.59. The van der Waals surface area contributed by atoms with E-state index in [2.05, 4.69) is 0 Å². The summed E-state index contributed by atoms with van der Waals surface area (Å²) < 4.78 is 44.3. The molecule has 2 aliphatic rings. The zero-order valence-electron chi connectivity index (χ0n) is 21.2. The Morgan fingerprint density at radius 1 is 0.737 bits per heavy atom. The molecular weight excluding hydrogens is 579 g/mol. The Hall–Kier alpha value is -1.90. The first-order valence-corrected chi connectivity index (χ1v) is 12.8. The highest BCUT2D eigenvalue weighted by molar-refractivity contribution is 6.21. The highest BCUT2D eigenvalue weighted by Gasteiger charge is 2.63. The first-order valence-electron chi connectivity index (χ1n) is 11.3. The van der Waals surface area contributed by atoms with Gasteiger partial charge in [-0.15, -0.1) is 34.8 Å². The fourth-order valence-corrected chi connectivity index (χ4v) is 4.83. The zero-order valence-corrected chi connectivity index (χ0v) is 23.4. The second kappa shape index (κ2) is 13.9. The SMILES string of the molecule is CC(=O)OC[C@@H]1O[C@H](O[C@]2(CCl)O[C@H](CCl)[C@H](OC(C)=O)[C@@H]2OC(C)=O)[C@H](OC(C)=O)[C@H](OC(C)=O)[C@@H]1Cl. The number of hydrogen-bond acceptors (Lipinski definition) is 13. The minimum atomic E-state index is -2.07. The quantitative estimate of drug-likeness (QED) is 0.198. The first-order chi connectivity index (χ1) is 17.7. The van der Waals surface area contributed by atoms with Crippen molar-refractivity contribution in [2.45, 2.75) is 88.7 Å². The van der Waals surface area contributed by atoms with E-state index in [1.807, 2.05) is 0 Å². The molecule has 216 valence electrons. The van der Waals surface area contributed by atoms with E-state index in [-0.39, 0.29) is 5.88 Å². The summed E-state index contributed by atoms with van der Waals surface area (Å²) in [7, 11) is 0.